The summed E-state index contributed by atoms with van der Waals surface area (Å²) in [6.07, 6.45) is 0. The molecular formula is C64H40N4O. The molecule has 322 valence electrons. The molecule has 0 saturated carbocycles. The largest absolute Gasteiger partial charge is 0.456 e. The number of fused-ring (bicyclic) bond motifs is 17. The first kappa shape index (κ1) is 38.2. The number of furan rings is 1. The fourth-order valence-electron chi connectivity index (χ4n) is 11.8. The maximum atomic E-state index is 6.46. The third kappa shape index (κ3) is 5.44. The average Bonchev–Trinajstić information content (AvgIpc) is 4.04. The van der Waals surface area contributed by atoms with Crippen LogP contribution in [0.4, 0.5) is 0 Å². The number of nitrogens with zero attached hydrogens (tertiary/aromatic N) is 4. The third-order valence-electron chi connectivity index (χ3n) is 15.0. The van der Waals surface area contributed by atoms with E-state index in [2.05, 4.69) is 213 Å². The van der Waals surface area contributed by atoms with Gasteiger partial charge in [0.25, 0.3) is 0 Å². The van der Waals surface area contributed by atoms with Crippen molar-refractivity contribution < 1.29 is 4.42 Å². The molecule has 0 atom stereocenters. The van der Waals surface area contributed by atoms with E-state index in [0.717, 1.165) is 82.2 Å². The predicted molar refractivity (Wildman–Crippen MR) is 285 cm³/mol. The lowest BCUT2D eigenvalue weighted by atomic mass is 9.82. The Kier molecular flexibility index (Phi) is 7.78. The second-order valence-corrected chi connectivity index (χ2v) is 19.1. The zero-order valence-electron chi connectivity index (χ0n) is 37.8. The third-order valence-corrected chi connectivity index (χ3v) is 15.0. The summed E-state index contributed by atoms with van der Waals surface area (Å²) in [4.78, 5) is 16.4. The van der Waals surface area contributed by atoms with E-state index in [-0.39, 0.29) is 5.41 Å². The van der Waals surface area contributed by atoms with Gasteiger partial charge in [-0.1, -0.05) is 190 Å². The van der Waals surface area contributed by atoms with E-state index in [1.54, 1.807) is 0 Å². The van der Waals surface area contributed by atoms with E-state index in [0.29, 0.717) is 17.6 Å². The fourth-order valence-corrected chi connectivity index (χ4v) is 11.8. The van der Waals surface area contributed by atoms with Gasteiger partial charge in [0.2, 0.25) is 5.95 Å². The minimum Gasteiger partial charge on any atom is -0.456 e. The molecule has 5 nitrogen and oxygen atoms in total. The molecular weight excluding hydrogens is 841 g/mol. The van der Waals surface area contributed by atoms with Gasteiger partial charge in [-0.3, -0.25) is 4.57 Å². The average molecular weight is 881 g/mol. The van der Waals surface area contributed by atoms with Crippen LogP contribution in [-0.4, -0.2) is 19.5 Å². The molecule has 69 heavy (non-hydrogen) atoms. The molecule has 3 aromatic heterocycles. The van der Waals surface area contributed by atoms with E-state index >= 15 is 0 Å². The van der Waals surface area contributed by atoms with Gasteiger partial charge in [0.1, 0.15) is 11.2 Å². The van der Waals surface area contributed by atoms with Crippen LogP contribution in [0.2, 0.25) is 0 Å². The van der Waals surface area contributed by atoms with E-state index in [1.807, 2.05) is 12.1 Å². The first-order valence-electron chi connectivity index (χ1n) is 23.7. The molecule has 11 aromatic carbocycles. The van der Waals surface area contributed by atoms with Crippen molar-refractivity contribution in [3.05, 3.63) is 217 Å². The van der Waals surface area contributed by atoms with Crippen molar-refractivity contribution >= 4 is 86.8 Å². The van der Waals surface area contributed by atoms with Crippen molar-refractivity contribution in [2.75, 3.05) is 0 Å². The zero-order valence-corrected chi connectivity index (χ0v) is 37.8. The molecule has 15 rings (SSSR count). The minimum absolute atomic E-state index is 0.155. The number of hydrogen-bond acceptors (Lipinski definition) is 4. The lowest BCUT2D eigenvalue weighted by Crippen LogP contribution is -2.14. The van der Waals surface area contributed by atoms with Gasteiger partial charge in [-0.25, -0.2) is 4.98 Å². The van der Waals surface area contributed by atoms with Crippen LogP contribution >= 0.6 is 0 Å². The topological polar surface area (TPSA) is 56.7 Å². The summed E-state index contributed by atoms with van der Waals surface area (Å²) in [5.74, 6) is 1.69. The fraction of sp³-hybridized carbons (Fsp3) is 0.0469. The molecule has 3 heterocycles. The maximum absolute atomic E-state index is 6.46. The predicted octanol–water partition coefficient (Wildman–Crippen LogP) is 16.8. The Bertz CT molecular complexity index is 4530. The molecule has 1 aliphatic carbocycles. The molecule has 5 heteroatoms. The van der Waals surface area contributed by atoms with Crippen LogP contribution in [0.5, 0.6) is 0 Å². The zero-order chi connectivity index (χ0) is 45.5. The highest BCUT2D eigenvalue weighted by Gasteiger charge is 2.37. The van der Waals surface area contributed by atoms with Gasteiger partial charge < -0.3 is 4.42 Å². The smallest absolute Gasteiger partial charge is 0.238 e. The summed E-state index contributed by atoms with van der Waals surface area (Å²) >= 11 is 0. The Balaban J connectivity index is 1.07. The van der Waals surface area contributed by atoms with Gasteiger partial charge in [0.15, 0.2) is 11.6 Å². The molecule has 0 bridgehead atoms. The molecule has 0 spiro atoms. The van der Waals surface area contributed by atoms with Crippen LogP contribution in [0, 0.1) is 0 Å². The van der Waals surface area contributed by atoms with Crippen molar-refractivity contribution in [2.24, 2.45) is 0 Å². The maximum Gasteiger partial charge on any atom is 0.238 e. The standard InChI is InChI=1S/C64H40N4O/c1-64(2)53-32-30-40(35-52(53)57-43-17-6-5-15-38(43)29-33-54(57)64)44-23-13-24-51-58-49-21-9-7-18-45(49)46-19-8-10-22-50(46)60(58)68(59(44)51)63-66-61(41-27-26-37-14-3-4-16-39(37)34-41)65-62(67-63)42-28-31-48-47-20-11-12-25-55(47)69-56(48)36-42/h3-36H,1-2H3. The Morgan fingerprint density at radius 3 is 1.80 bits per heavy atom. The molecule has 0 saturated heterocycles. The molecule has 0 N–H and O–H groups in total. The summed E-state index contributed by atoms with van der Waals surface area (Å²) < 4.78 is 8.80. The SMILES string of the molecule is CC1(C)c2ccc(-c3cccc4c5c6ccccc6c6ccccc6c5n(-c5nc(-c6ccc7ccccc7c6)nc(-c6ccc7c(c6)oc6ccccc67)n5)c34)cc2-c2c1ccc1ccccc21. The van der Waals surface area contributed by atoms with Crippen molar-refractivity contribution in [1.29, 1.82) is 0 Å². The van der Waals surface area contributed by atoms with Crippen LogP contribution in [0.25, 0.3) is 138 Å². The molecule has 0 unspecified atom stereocenters. The van der Waals surface area contributed by atoms with E-state index in [1.165, 1.54) is 49.2 Å². The molecule has 0 radical (unpaired) electrons. The summed E-state index contributed by atoms with van der Waals surface area (Å²) in [6, 6.07) is 74.3. The highest BCUT2D eigenvalue weighted by atomic mass is 16.3. The molecule has 1 aliphatic rings. The van der Waals surface area contributed by atoms with Gasteiger partial charge >= 0.3 is 0 Å². The normalized spacial score (nSPS) is 13.2. The van der Waals surface area contributed by atoms with Gasteiger partial charge in [-0.15, -0.1) is 0 Å². The lowest BCUT2D eigenvalue weighted by molar-refractivity contribution is 0.661. The number of rotatable bonds is 4. The molecule has 0 aliphatic heterocycles. The van der Waals surface area contributed by atoms with Crippen LogP contribution in [-0.2, 0) is 5.41 Å². The van der Waals surface area contributed by atoms with Crippen molar-refractivity contribution in [3.63, 3.8) is 0 Å². The second-order valence-electron chi connectivity index (χ2n) is 19.1. The Labute approximate surface area is 396 Å². The first-order valence-corrected chi connectivity index (χ1v) is 23.7. The van der Waals surface area contributed by atoms with Gasteiger partial charge in [-0.2, -0.15) is 9.97 Å². The minimum atomic E-state index is -0.155. The van der Waals surface area contributed by atoms with Crippen molar-refractivity contribution in [3.8, 4) is 51.0 Å². The summed E-state index contributed by atoms with van der Waals surface area (Å²) in [7, 11) is 0. The monoisotopic (exact) mass is 880 g/mol. The number of para-hydroxylation sites is 2. The van der Waals surface area contributed by atoms with E-state index in [4.69, 9.17) is 19.4 Å². The second kappa shape index (κ2) is 14.0. The van der Waals surface area contributed by atoms with E-state index in [9.17, 15) is 0 Å². The Hall–Kier alpha value is -8.93. The summed E-state index contributed by atoms with van der Waals surface area (Å²) in [5, 5.41) is 13.9. The van der Waals surface area contributed by atoms with Crippen molar-refractivity contribution in [2.45, 2.75) is 19.3 Å². The van der Waals surface area contributed by atoms with Crippen LogP contribution in [0.15, 0.2) is 211 Å². The first-order chi connectivity index (χ1) is 34.0. The van der Waals surface area contributed by atoms with Crippen molar-refractivity contribution in [1.82, 2.24) is 19.5 Å². The summed E-state index contributed by atoms with van der Waals surface area (Å²) in [5.41, 5.74) is 12.9. The highest BCUT2D eigenvalue weighted by molar-refractivity contribution is 6.33. The Morgan fingerprint density at radius 1 is 0.377 bits per heavy atom. The molecule has 14 aromatic rings. The van der Waals surface area contributed by atoms with Gasteiger partial charge in [-0.05, 0) is 95.9 Å². The quantitative estimate of drug-likeness (QED) is 0.165. The van der Waals surface area contributed by atoms with Gasteiger partial charge in [0, 0.05) is 49.0 Å². The van der Waals surface area contributed by atoms with Crippen LogP contribution < -0.4 is 0 Å². The highest BCUT2D eigenvalue weighted by Crippen LogP contribution is 2.53. The summed E-state index contributed by atoms with van der Waals surface area (Å²) in [6.45, 7) is 4.72. The van der Waals surface area contributed by atoms with E-state index < -0.39 is 0 Å². The van der Waals surface area contributed by atoms with Crippen LogP contribution in [0.3, 0.4) is 0 Å². The number of aromatic nitrogens is 4. The van der Waals surface area contributed by atoms with Gasteiger partial charge in [0.05, 0.1) is 11.0 Å². The lowest BCUT2D eigenvalue weighted by Gasteiger charge is -2.21. The Morgan fingerprint density at radius 2 is 0.971 bits per heavy atom. The number of benzene rings is 11. The number of hydrogen-bond donors (Lipinski definition) is 0. The van der Waals surface area contributed by atoms with Crippen LogP contribution in [0.1, 0.15) is 25.0 Å². The molecule has 0 fully saturated rings. The molecule has 0 amide bonds.